The Balaban J connectivity index is 1.92. The fraction of sp³-hybridized carbons (Fsp3) is 0.250. The Bertz CT molecular complexity index is 758. The van der Waals surface area contributed by atoms with E-state index in [2.05, 4.69) is 5.32 Å². The minimum Gasteiger partial charge on any atom is -0.319 e. The van der Waals surface area contributed by atoms with Crippen LogP contribution in [0.25, 0.3) is 0 Å². The van der Waals surface area contributed by atoms with Gasteiger partial charge in [-0.3, -0.25) is 9.69 Å². The Morgan fingerprint density at radius 1 is 1.23 bits per heavy atom. The topological polar surface area (TPSA) is 49.4 Å². The van der Waals surface area contributed by atoms with Crippen molar-refractivity contribution in [2.24, 2.45) is 0 Å². The summed E-state index contributed by atoms with van der Waals surface area (Å²) in [5, 5.41) is 2.82. The summed E-state index contributed by atoms with van der Waals surface area (Å²) in [7, 11) is 0. The third-order valence-corrected chi connectivity index (χ3v) is 5.12. The van der Waals surface area contributed by atoms with Gasteiger partial charge in [0, 0.05) is 4.88 Å². The van der Waals surface area contributed by atoms with E-state index in [4.69, 9.17) is 11.6 Å². The normalized spacial score (nSPS) is 21.3. The summed E-state index contributed by atoms with van der Waals surface area (Å²) in [4.78, 5) is 27.2. The van der Waals surface area contributed by atoms with Crippen LogP contribution in [0.5, 0.6) is 0 Å². The number of nitrogens with zero attached hydrogens (tertiary/aromatic N) is 1. The fourth-order valence-electron chi connectivity index (χ4n) is 2.75. The summed E-state index contributed by atoms with van der Waals surface area (Å²) >= 11 is 7.28. The van der Waals surface area contributed by atoms with Crippen molar-refractivity contribution in [1.29, 1.82) is 0 Å². The number of imide groups is 1. The first-order valence-electron chi connectivity index (χ1n) is 6.86. The second-order valence-corrected chi connectivity index (χ2v) is 7.27. The Morgan fingerprint density at radius 2 is 1.95 bits per heavy atom. The standard InChI is InChI=1S/C16H15ClN2O2S/c1-10-5-3-4-6-12(10)16(2)14(20)19(15(21)18-16)9-11-7-8-13(17)22-11/h3-8H,9H2,1-2H3,(H,18,21). The number of thiophene rings is 1. The Labute approximate surface area is 137 Å². The zero-order chi connectivity index (χ0) is 15.9. The van der Waals surface area contributed by atoms with Crippen LogP contribution in [0.2, 0.25) is 4.34 Å². The molecule has 2 aromatic rings. The fourth-order valence-corrected chi connectivity index (χ4v) is 3.83. The lowest BCUT2D eigenvalue weighted by atomic mass is 9.88. The van der Waals surface area contributed by atoms with Crippen molar-refractivity contribution in [1.82, 2.24) is 10.2 Å². The molecule has 1 saturated heterocycles. The van der Waals surface area contributed by atoms with Gasteiger partial charge in [0.2, 0.25) is 0 Å². The lowest BCUT2D eigenvalue weighted by Crippen LogP contribution is -2.41. The highest BCUT2D eigenvalue weighted by Crippen LogP contribution is 2.32. The summed E-state index contributed by atoms with van der Waals surface area (Å²) in [6.45, 7) is 3.92. The SMILES string of the molecule is Cc1ccccc1C1(C)NC(=O)N(Cc2ccc(Cl)s2)C1=O. The smallest absolute Gasteiger partial charge is 0.319 e. The lowest BCUT2D eigenvalue weighted by Gasteiger charge is -2.24. The largest absolute Gasteiger partial charge is 0.325 e. The number of aryl methyl sites for hydroxylation is 1. The molecule has 0 saturated carbocycles. The van der Waals surface area contributed by atoms with Crippen molar-refractivity contribution >= 4 is 34.9 Å². The van der Waals surface area contributed by atoms with Gasteiger partial charge in [0.1, 0.15) is 5.54 Å². The molecule has 114 valence electrons. The van der Waals surface area contributed by atoms with Crippen LogP contribution in [-0.2, 0) is 16.9 Å². The quantitative estimate of drug-likeness (QED) is 0.870. The molecule has 0 radical (unpaired) electrons. The maximum Gasteiger partial charge on any atom is 0.325 e. The molecule has 0 bridgehead atoms. The second-order valence-electron chi connectivity index (χ2n) is 5.47. The summed E-state index contributed by atoms with van der Waals surface area (Å²) in [5.41, 5.74) is 0.767. The first-order valence-corrected chi connectivity index (χ1v) is 8.05. The molecule has 1 aliphatic rings. The predicted molar refractivity (Wildman–Crippen MR) is 86.9 cm³/mol. The van der Waals surface area contributed by atoms with Crippen LogP contribution in [0.4, 0.5) is 4.79 Å². The van der Waals surface area contributed by atoms with Crippen LogP contribution in [0, 0.1) is 6.92 Å². The minimum absolute atomic E-state index is 0.240. The molecule has 0 aliphatic carbocycles. The number of rotatable bonds is 3. The Morgan fingerprint density at radius 3 is 2.59 bits per heavy atom. The molecule has 1 aliphatic heterocycles. The van der Waals surface area contributed by atoms with E-state index >= 15 is 0 Å². The van der Waals surface area contributed by atoms with Crippen molar-refractivity contribution in [3.63, 3.8) is 0 Å². The van der Waals surface area contributed by atoms with E-state index in [1.807, 2.05) is 37.3 Å². The Hall–Kier alpha value is -1.85. The van der Waals surface area contributed by atoms with Gasteiger partial charge in [-0.2, -0.15) is 0 Å². The average Bonchev–Trinajstić information content (AvgIpc) is 2.97. The van der Waals surface area contributed by atoms with Crippen molar-refractivity contribution in [2.75, 3.05) is 0 Å². The van der Waals surface area contributed by atoms with Gasteiger partial charge in [0.05, 0.1) is 10.9 Å². The molecule has 22 heavy (non-hydrogen) atoms. The molecule has 1 unspecified atom stereocenters. The van der Waals surface area contributed by atoms with Gasteiger partial charge in [-0.05, 0) is 37.1 Å². The Kier molecular flexibility index (Phi) is 3.70. The molecular weight excluding hydrogens is 320 g/mol. The van der Waals surface area contributed by atoms with Gasteiger partial charge in [-0.25, -0.2) is 4.79 Å². The number of nitrogens with one attached hydrogen (secondary N) is 1. The van der Waals surface area contributed by atoms with E-state index in [0.29, 0.717) is 4.34 Å². The zero-order valence-corrected chi connectivity index (χ0v) is 13.8. The van der Waals surface area contributed by atoms with Crippen molar-refractivity contribution in [2.45, 2.75) is 25.9 Å². The van der Waals surface area contributed by atoms with Crippen molar-refractivity contribution < 1.29 is 9.59 Å². The first-order chi connectivity index (χ1) is 10.4. The molecule has 1 fully saturated rings. The molecule has 2 heterocycles. The average molecular weight is 335 g/mol. The molecular formula is C16H15ClN2O2S. The van der Waals surface area contributed by atoms with Crippen molar-refractivity contribution in [3.05, 3.63) is 56.7 Å². The zero-order valence-electron chi connectivity index (χ0n) is 12.2. The maximum atomic E-state index is 12.8. The third kappa shape index (κ3) is 2.40. The maximum absolute atomic E-state index is 12.8. The first kappa shape index (κ1) is 15.1. The molecule has 3 rings (SSSR count). The van der Waals surface area contributed by atoms with Gasteiger partial charge < -0.3 is 5.32 Å². The van der Waals surface area contributed by atoms with Crippen LogP contribution in [-0.4, -0.2) is 16.8 Å². The van der Waals surface area contributed by atoms with Crippen LogP contribution in [0.1, 0.15) is 22.9 Å². The number of benzene rings is 1. The number of carbonyl (C=O) groups is 2. The molecule has 1 aromatic heterocycles. The number of hydrogen-bond donors (Lipinski definition) is 1. The summed E-state index contributed by atoms with van der Waals surface area (Å²) < 4.78 is 0.642. The van der Waals surface area contributed by atoms with Crippen LogP contribution in [0.3, 0.4) is 0 Å². The highest BCUT2D eigenvalue weighted by Gasteiger charge is 2.49. The number of amides is 3. The van der Waals surface area contributed by atoms with E-state index in [1.54, 1.807) is 13.0 Å². The third-order valence-electron chi connectivity index (χ3n) is 3.90. The molecule has 1 N–H and O–H groups in total. The molecule has 1 atom stereocenters. The van der Waals surface area contributed by atoms with E-state index < -0.39 is 5.54 Å². The van der Waals surface area contributed by atoms with E-state index in [1.165, 1.54) is 16.2 Å². The second kappa shape index (κ2) is 5.41. The van der Waals surface area contributed by atoms with Crippen molar-refractivity contribution in [3.8, 4) is 0 Å². The van der Waals surface area contributed by atoms with Gasteiger partial charge in [0.15, 0.2) is 0 Å². The highest BCUT2D eigenvalue weighted by atomic mass is 35.5. The molecule has 4 nitrogen and oxygen atoms in total. The molecule has 0 spiro atoms. The molecule has 6 heteroatoms. The number of hydrogen-bond acceptors (Lipinski definition) is 3. The minimum atomic E-state index is -1.02. The number of carbonyl (C=O) groups excluding carboxylic acids is 2. The van der Waals surface area contributed by atoms with Gasteiger partial charge in [-0.1, -0.05) is 35.9 Å². The van der Waals surface area contributed by atoms with E-state index in [0.717, 1.165) is 16.0 Å². The summed E-state index contributed by atoms with van der Waals surface area (Å²) in [6.07, 6.45) is 0. The van der Waals surface area contributed by atoms with Gasteiger partial charge >= 0.3 is 6.03 Å². The van der Waals surface area contributed by atoms with E-state index in [-0.39, 0.29) is 18.5 Å². The monoisotopic (exact) mass is 334 g/mol. The van der Waals surface area contributed by atoms with Gasteiger partial charge in [-0.15, -0.1) is 11.3 Å². The van der Waals surface area contributed by atoms with Gasteiger partial charge in [0.25, 0.3) is 5.91 Å². The number of halogens is 1. The summed E-state index contributed by atoms with van der Waals surface area (Å²) in [6, 6.07) is 10.8. The van der Waals surface area contributed by atoms with Crippen LogP contribution in [0.15, 0.2) is 36.4 Å². The van der Waals surface area contributed by atoms with Crippen LogP contribution >= 0.6 is 22.9 Å². The highest BCUT2D eigenvalue weighted by molar-refractivity contribution is 7.16. The molecule has 3 amide bonds. The predicted octanol–water partition coefficient (Wildman–Crippen LogP) is 3.68. The molecule has 1 aromatic carbocycles. The number of urea groups is 1. The van der Waals surface area contributed by atoms with Crippen LogP contribution < -0.4 is 5.32 Å². The lowest BCUT2D eigenvalue weighted by molar-refractivity contribution is -0.131. The summed E-state index contributed by atoms with van der Waals surface area (Å²) in [5.74, 6) is -0.240. The van der Waals surface area contributed by atoms with E-state index in [9.17, 15) is 9.59 Å².